The molecule has 0 heterocycles. The van der Waals surface area contributed by atoms with Crippen LogP contribution in [-0.2, 0) is 26.2 Å². The van der Waals surface area contributed by atoms with Gasteiger partial charge < -0.3 is 19.7 Å². The second kappa shape index (κ2) is 13.9. The van der Waals surface area contributed by atoms with Gasteiger partial charge >= 0.3 is 0 Å². The molecule has 9 nitrogen and oxygen atoms in total. The number of rotatable bonds is 12. The average Bonchev–Trinajstić information content (AvgIpc) is 2.94. The summed E-state index contributed by atoms with van der Waals surface area (Å²) < 4.78 is 40.6. The first kappa shape index (κ1) is 32.0. The van der Waals surface area contributed by atoms with Gasteiger partial charge in [-0.3, -0.25) is 13.9 Å². The predicted molar refractivity (Wildman–Crippen MR) is 163 cm³/mol. The van der Waals surface area contributed by atoms with Crippen molar-refractivity contribution in [2.75, 3.05) is 25.1 Å². The minimum Gasteiger partial charge on any atom is -0.493 e. The Bertz CT molecular complexity index is 1460. The third-order valence-electron chi connectivity index (χ3n) is 6.41. The van der Waals surface area contributed by atoms with Gasteiger partial charge in [0.1, 0.15) is 12.6 Å². The zero-order chi connectivity index (χ0) is 30.3. The van der Waals surface area contributed by atoms with E-state index in [1.54, 1.807) is 31.2 Å². The summed E-state index contributed by atoms with van der Waals surface area (Å²) in [6.45, 7) is 6.76. The van der Waals surface area contributed by atoms with Crippen LogP contribution in [-0.4, -0.2) is 58.0 Å². The van der Waals surface area contributed by atoms with Crippen LogP contribution in [0, 0.1) is 6.92 Å². The normalized spacial score (nSPS) is 12.0. The van der Waals surface area contributed by atoms with Crippen molar-refractivity contribution in [3.05, 3.63) is 82.3 Å². The van der Waals surface area contributed by atoms with Crippen molar-refractivity contribution in [3.63, 3.8) is 0 Å². The van der Waals surface area contributed by atoms with Crippen LogP contribution in [0.4, 0.5) is 5.69 Å². The lowest BCUT2D eigenvalue weighted by atomic mass is 10.1. The lowest BCUT2D eigenvalue weighted by molar-refractivity contribution is -0.139. The van der Waals surface area contributed by atoms with E-state index in [4.69, 9.17) is 9.47 Å². The van der Waals surface area contributed by atoms with E-state index >= 15 is 0 Å². The Labute approximate surface area is 250 Å². The molecule has 0 aliphatic rings. The van der Waals surface area contributed by atoms with Gasteiger partial charge in [0.2, 0.25) is 11.8 Å². The van der Waals surface area contributed by atoms with Gasteiger partial charge in [-0.2, -0.15) is 0 Å². The molecule has 0 fully saturated rings. The van der Waals surface area contributed by atoms with Crippen LogP contribution in [0.5, 0.6) is 11.5 Å². The highest BCUT2D eigenvalue weighted by molar-refractivity contribution is 9.10. The summed E-state index contributed by atoms with van der Waals surface area (Å²) in [7, 11) is -1.38. The number of methoxy groups -OCH3 is 2. The van der Waals surface area contributed by atoms with Crippen LogP contribution < -0.4 is 19.1 Å². The summed E-state index contributed by atoms with van der Waals surface area (Å²) in [4.78, 5) is 28.3. The molecule has 0 aliphatic heterocycles. The van der Waals surface area contributed by atoms with E-state index < -0.39 is 28.5 Å². The zero-order valence-corrected chi connectivity index (χ0v) is 26.5. The van der Waals surface area contributed by atoms with Crippen LogP contribution in [0.25, 0.3) is 0 Å². The number of halogens is 1. The van der Waals surface area contributed by atoms with Crippen LogP contribution in [0.1, 0.15) is 31.9 Å². The van der Waals surface area contributed by atoms with Crippen LogP contribution in [0.3, 0.4) is 0 Å². The molecule has 41 heavy (non-hydrogen) atoms. The predicted octanol–water partition coefficient (Wildman–Crippen LogP) is 4.91. The molecule has 1 atom stereocenters. The summed E-state index contributed by atoms with van der Waals surface area (Å²) in [5.41, 5.74) is 2.02. The number of hydrogen-bond acceptors (Lipinski definition) is 6. The number of carbonyl (C=O) groups excluding carboxylic acids is 2. The van der Waals surface area contributed by atoms with Crippen molar-refractivity contribution in [1.82, 2.24) is 10.2 Å². The lowest BCUT2D eigenvalue weighted by Gasteiger charge is -2.32. The van der Waals surface area contributed by atoms with E-state index in [0.717, 1.165) is 19.9 Å². The Hall–Kier alpha value is -3.57. The Balaban J connectivity index is 2.06. The number of ether oxygens (including phenoxy) is 2. The third-order valence-corrected chi connectivity index (χ3v) is 8.71. The molecule has 11 heteroatoms. The minimum atomic E-state index is -4.25. The Morgan fingerprint density at radius 3 is 2.07 bits per heavy atom. The second-order valence-corrected chi connectivity index (χ2v) is 12.6. The summed E-state index contributed by atoms with van der Waals surface area (Å²) in [5.74, 6) is -0.270. The number of carbonyl (C=O) groups is 2. The van der Waals surface area contributed by atoms with Gasteiger partial charge in [0.25, 0.3) is 10.0 Å². The number of sulfonamides is 1. The number of nitrogens with zero attached hydrogens (tertiary/aromatic N) is 2. The maximum absolute atomic E-state index is 14.1. The molecule has 3 aromatic rings. The van der Waals surface area contributed by atoms with E-state index in [0.29, 0.717) is 11.4 Å². The maximum Gasteiger partial charge on any atom is 0.264 e. The van der Waals surface area contributed by atoms with Crippen LogP contribution in [0.15, 0.2) is 76.1 Å². The highest BCUT2D eigenvalue weighted by Gasteiger charge is 2.33. The summed E-state index contributed by atoms with van der Waals surface area (Å²) in [6, 6.07) is 17.5. The number of benzene rings is 3. The van der Waals surface area contributed by atoms with Crippen LogP contribution in [0.2, 0.25) is 0 Å². The molecule has 0 spiro atoms. The highest BCUT2D eigenvalue weighted by atomic mass is 79.9. The molecule has 3 rings (SSSR count). The van der Waals surface area contributed by atoms with Crippen molar-refractivity contribution < 1.29 is 27.5 Å². The van der Waals surface area contributed by atoms with Crippen molar-refractivity contribution in [3.8, 4) is 11.5 Å². The fourth-order valence-corrected chi connectivity index (χ4v) is 5.81. The standard InChI is InChI=1S/C30H36BrN3O6S/c1-20(2)32-30(36)22(4)33(18-23-9-11-24(31)12-10-23)29(35)19-34(25-13-7-21(3)8-14-25)41(37,38)26-15-16-27(39-5)28(17-26)40-6/h7-17,20,22H,18-19H2,1-6H3,(H,32,36). The van der Waals surface area contributed by atoms with E-state index in [9.17, 15) is 18.0 Å². The first-order valence-electron chi connectivity index (χ1n) is 13.0. The Morgan fingerprint density at radius 1 is 0.902 bits per heavy atom. The molecular weight excluding hydrogens is 610 g/mol. The molecular formula is C30H36BrN3O6S. The highest BCUT2D eigenvalue weighted by Crippen LogP contribution is 2.32. The van der Waals surface area contributed by atoms with Gasteiger partial charge in [0.05, 0.1) is 24.8 Å². The zero-order valence-electron chi connectivity index (χ0n) is 24.0. The van der Waals surface area contributed by atoms with E-state index in [1.165, 1.54) is 37.3 Å². The van der Waals surface area contributed by atoms with E-state index in [1.807, 2.05) is 45.0 Å². The van der Waals surface area contributed by atoms with Gasteiger partial charge in [-0.1, -0.05) is 45.8 Å². The molecule has 0 aromatic heterocycles. The van der Waals surface area contributed by atoms with Gasteiger partial charge in [-0.05, 0) is 69.7 Å². The van der Waals surface area contributed by atoms with Crippen molar-refractivity contribution in [2.45, 2.75) is 51.2 Å². The van der Waals surface area contributed by atoms with E-state index in [-0.39, 0.29) is 29.1 Å². The molecule has 0 saturated carbocycles. The molecule has 2 amide bonds. The number of nitrogens with one attached hydrogen (secondary N) is 1. The third kappa shape index (κ3) is 8.01. The van der Waals surface area contributed by atoms with Crippen molar-refractivity contribution in [1.29, 1.82) is 0 Å². The molecule has 0 saturated heterocycles. The molecule has 0 bridgehead atoms. The SMILES string of the molecule is COc1ccc(S(=O)(=O)N(CC(=O)N(Cc2ccc(Br)cc2)C(C)C(=O)NC(C)C)c2ccc(C)cc2)cc1OC. The van der Waals surface area contributed by atoms with Crippen molar-refractivity contribution in [2.24, 2.45) is 0 Å². The van der Waals surface area contributed by atoms with Crippen LogP contribution >= 0.6 is 15.9 Å². The number of amides is 2. The molecule has 3 aromatic carbocycles. The molecule has 1 unspecified atom stereocenters. The molecule has 0 aliphatic carbocycles. The van der Waals surface area contributed by atoms with Gasteiger partial charge in [-0.15, -0.1) is 0 Å². The second-order valence-electron chi connectivity index (χ2n) is 9.85. The number of aryl methyl sites for hydroxylation is 1. The Kier molecular flexibility index (Phi) is 10.8. The lowest BCUT2D eigenvalue weighted by Crippen LogP contribution is -2.52. The monoisotopic (exact) mass is 645 g/mol. The largest absolute Gasteiger partial charge is 0.493 e. The first-order valence-corrected chi connectivity index (χ1v) is 15.3. The molecule has 0 radical (unpaired) electrons. The average molecular weight is 647 g/mol. The fourth-order valence-electron chi connectivity index (χ4n) is 4.12. The topological polar surface area (TPSA) is 105 Å². The number of anilines is 1. The fraction of sp³-hybridized carbons (Fsp3) is 0.333. The van der Waals surface area contributed by atoms with Crippen molar-refractivity contribution >= 4 is 43.5 Å². The molecule has 220 valence electrons. The van der Waals surface area contributed by atoms with Gasteiger partial charge in [-0.25, -0.2) is 8.42 Å². The summed E-state index contributed by atoms with van der Waals surface area (Å²) >= 11 is 3.41. The maximum atomic E-state index is 14.1. The first-order chi connectivity index (χ1) is 19.4. The smallest absolute Gasteiger partial charge is 0.264 e. The molecule has 1 N–H and O–H groups in total. The quantitative estimate of drug-likeness (QED) is 0.300. The Morgan fingerprint density at radius 2 is 1.51 bits per heavy atom. The summed E-state index contributed by atoms with van der Waals surface area (Å²) in [6.07, 6.45) is 0. The van der Waals surface area contributed by atoms with E-state index in [2.05, 4.69) is 21.2 Å². The summed E-state index contributed by atoms with van der Waals surface area (Å²) in [5, 5.41) is 2.85. The minimum absolute atomic E-state index is 0.0754. The van der Waals surface area contributed by atoms with Gasteiger partial charge in [0, 0.05) is 23.1 Å². The van der Waals surface area contributed by atoms with Gasteiger partial charge in [0.15, 0.2) is 11.5 Å². The number of hydrogen-bond donors (Lipinski definition) is 1.